The van der Waals surface area contributed by atoms with Crippen molar-refractivity contribution in [2.45, 2.75) is 25.3 Å². The van der Waals surface area contributed by atoms with Gasteiger partial charge in [-0.25, -0.2) is 0 Å². The first-order valence-electron chi connectivity index (χ1n) is 8.46. The summed E-state index contributed by atoms with van der Waals surface area (Å²) in [4.78, 5) is 23.7. The van der Waals surface area contributed by atoms with E-state index in [1.807, 2.05) is 60.7 Å². The van der Waals surface area contributed by atoms with Crippen molar-refractivity contribution in [2.75, 3.05) is 13.2 Å². The molecule has 0 bridgehead atoms. The minimum Gasteiger partial charge on any atom is -0.396 e. The number of carbonyl (C=O) groups is 2. The molecule has 0 aliphatic rings. The molecule has 0 saturated heterocycles. The van der Waals surface area contributed by atoms with Gasteiger partial charge in [0.15, 0.2) is 0 Å². The highest BCUT2D eigenvalue weighted by atomic mass is 16.3. The fourth-order valence-electron chi connectivity index (χ4n) is 2.66. The molecule has 0 radical (unpaired) electrons. The monoisotopic (exact) mass is 340 g/mol. The fraction of sp³-hybridized carbons (Fsp3) is 0.300. The standard InChI is InChI=1S/C20H24N2O3/c23-14-12-18(17-9-5-2-6-10-17)11-13-21-19(24)20(25)22-15-16-7-3-1-4-8-16/h1-10,18,23H,11-15H2,(H,21,24)(H,22,25)/t18-/m0/s1. The summed E-state index contributed by atoms with van der Waals surface area (Å²) in [7, 11) is 0. The van der Waals surface area contributed by atoms with Gasteiger partial charge in [0.05, 0.1) is 0 Å². The molecule has 2 rings (SSSR count). The predicted molar refractivity (Wildman–Crippen MR) is 96.8 cm³/mol. The average molecular weight is 340 g/mol. The van der Waals surface area contributed by atoms with Crippen molar-refractivity contribution in [1.82, 2.24) is 10.6 Å². The molecule has 0 unspecified atom stereocenters. The second-order valence-electron chi connectivity index (χ2n) is 5.83. The number of carbonyl (C=O) groups excluding carboxylic acids is 2. The van der Waals surface area contributed by atoms with E-state index in [0.29, 0.717) is 25.9 Å². The molecule has 0 aliphatic carbocycles. The molecule has 25 heavy (non-hydrogen) atoms. The second-order valence-corrected chi connectivity index (χ2v) is 5.83. The minimum atomic E-state index is -0.637. The van der Waals surface area contributed by atoms with E-state index >= 15 is 0 Å². The summed E-state index contributed by atoms with van der Waals surface area (Å²) < 4.78 is 0. The fourth-order valence-corrected chi connectivity index (χ4v) is 2.66. The van der Waals surface area contributed by atoms with Gasteiger partial charge in [0.25, 0.3) is 0 Å². The zero-order valence-electron chi connectivity index (χ0n) is 14.2. The van der Waals surface area contributed by atoms with E-state index in [-0.39, 0.29) is 12.5 Å². The van der Waals surface area contributed by atoms with Crippen LogP contribution < -0.4 is 10.6 Å². The van der Waals surface area contributed by atoms with Crippen LogP contribution in [-0.4, -0.2) is 30.1 Å². The van der Waals surface area contributed by atoms with Crippen molar-refractivity contribution in [3.8, 4) is 0 Å². The summed E-state index contributed by atoms with van der Waals surface area (Å²) in [5.41, 5.74) is 2.06. The number of nitrogens with one attached hydrogen (secondary N) is 2. The lowest BCUT2D eigenvalue weighted by Gasteiger charge is -2.16. The number of benzene rings is 2. The molecule has 0 heterocycles. The maximum atomic E-state index is 11.9. The summed E-state index contributed by atoms with van der Waals surface area (Å²) >= 11 is 0. The number of hydrogen-bond acceptors (Lipinski definition) is 3. The van der Waals surface area contributed by atoms with Crippen LogP contribution in [0.4, 0.5) is 0 Å². The van der Waals surface area contributed by atoms with Crippen LogP contribution in [0.5, 0.6) is 0 Å². The van der Waals surface area contributed by atoms with Gasteiger partial charge in [0.1, 0.15) is 0 Å². The Morgan fingerprint density at radius 1 is 0.840 bits per heavy atom. The first kappa shape index (κ1) is 18.7. The van der Waals surface area contributed by atoms with Crippen molar-refractivity contribution in [2.24, 2.45) is 0 Å². The Morgan fingerprint density at radius 2 is 1.44 bits per heavy atom. The molecule has 5 nitrogen and oxygen atoms in total. The normalized spacial score (nSPS) is 11.6. The summed E-state index contributed by atoms with van der Waals surface area (Å²) in [6.07, 6.45) is 1.29. The third kappa shape index (κ3) is 6.39. The quantitative estimate of drug-likeness (QED) is 0.643. The molecule has 0 aliphatic heterocycles. The van der Waals surface area contributed by atoms with E-state index in [2.05, 4.69) is 10.6 Å². The molecule has 1 atom stereocenters. The van der Waals surface area contributed by atoms with Gasteiger partial charge in [0, 0.05) is 19.7 Å². The van der Waals surface area contributed by atoms with Crippen LogP contribution in [0.25, 0.3) is 0 Å². The molecule has 3 N–H and O–H groups in total. The molecule has 0 aromatic heterocycles. The SMILES string of the molecule is O=C(NCC[C@@H](CCO)c1ccccc1)C(=O)NCc1ccccc1. The van der Waals surface area contributed by atoms with Crippen molar-refractivity contribution < 1.29 is 14.7 Å². The number of hydrogen-bond donors (Lipinski definition) is 3. The maximum absolute atomic E-state index is 11.9. The molecular formula is C20H24N2O3. The van der Waals surface area contributed by atoms with E-state index < -0.39 is 11.8 Å². The third-order valence-corrected chi connectivity index (χ3v) is 4.03. The van der Waals surface area contributed by atoms with Gasteiger partial charge < -0.3 is 15.7 Å². The average Bonchev–Trinajstić information content (AvgIpc) is 2.66. The number of rotatable bonds is 8. The molecule has 5 heteroatoms. The lowest BCUT2D eigenvalue weighted by atomic mass is 9.93. The minimum absolute atomic E-state index is 0.0884. The van der Waals surface area contributed by atoms with Crippen molar-refractivity contribution >= 4 is 11.8 Å². The summed E-state index contributed by atoms with van der Waals surface area (Å²) in [5, 5.41) is 14.5. The Bertz CT molecular complexity index is 659. The molecule has 132 valence electrons. The Kier molecular flexibility index (Phi) is 7.66. The molecule has 2 aromatic carbocycles. The van der Waals surface area contributed by atoms with E-state index in [0.717, 1.165) is 11.1 Å². The van der Waals surface area contributed by atoms with Crippen LogP contribution >= 0.6 is 0 Å². The van der Waals surface area contributed by atoms with Crippen LogP contribution in [0.15, 0.2) is 60.7 Å². The van der Waals surface area contributed by atoms with E-state index in [1.165, 1.54) is 0 Å². The van der Waals surface area contributed by atoms with Gasteiger partial charge in [-0.2, -0.15) is 0 Å². The van der Waals surface area contributed by atoms with Crippen LogP contribution in [0, 0.1) is 0 Å². The van der Waals surface area contributed by atoms with Gasteiger partial charge in [-0.3, -0.25) is 9.59 Å². The first-order valence-corrected chi connectivity index (χ1v) is 8.46. The Hall–Kier alpha value is -2.66. The van der Waals surface area contributed by atoms with Gasteiger partial charge in [0.2, 0.25) is 0 Å². The molecule has 0 spiro atoms. The van der Waals surface area contributed by atoms with Crippen molar-refractivity contribution in [3.63, 3.8) is 0 Å². The smallest absolute Gasteiger partial charge is 0.309 e. The lowest BCUT2D eigenvalue weighted by Crippen LogP contribution is -2.40. The zero-order valence-corrected chi connectivity index (χ0v) is 14.2. The zero-order chi connectivity index (χ0) is 17.9. The van der Waals surface area contributed by atoms with E-state index in [4.69, 9.17) is 0 Å². The van der Waals surface area contributed by atoms with E-state index in [1.54, 1.807) is 0 Å². The molecule has 2 amide bonds. The highest BCUT2D eigenvalue weighted by molar-refractivity contribution is 6.35. The van der Waals surface area contributed by atoms with Gasteiger partial charge in [-0.1, -0.05) is 60.7 Å². The topological polar surface area (TPSA) is 78.4 Å². The van der Waals surface area contributed by atoms with Crippen LogP contribution in [0.1, 0.15) is 29.9 Å². The highest BCUT2D eigenvalue weighted by Gasteiger charge is 2.15. The summed E-state index contributed by atoms with van der Waals surface area (Å²) in [6.45, 7) is 0.798. The van der Waals surface area contributed by atoms with Gasteiger partial charge >= 0.3 is 11.8 Å². The van der Waals surface area contributed by atoms with Gasteiger partial charge in [-0.05, 0) is 29.9 Å². The first-order chi connectivity index (χ1) is 12.2. The number of amides is 2. The highest BCUT2D eigenvalue weighted by Crippen LogP contribution is 2.22. The van der Waals surface area contributed by atoms with Gasteiger partial charge in [-0.15, -0.1) is 0 Å². The maximum Gasteiger partial charge on any atom is 0.309 e. The molecule has 2 aromatic rings. The second kappa shape index (κ2) is 10.3. The Morgan fingerprint density at radius 3 is 2.08 bits per heavy atom. The third-order valence-electron chi connectivity index (χ3n) is 4.03. The van der Waals surface area contributed by atoms with E-state index in [9.17, 15) is 14.7 Å². The number of aliphatic hydroxyl groups excluding tert-OH is 1. The van der Waals surface area contributed by atoms with Crippen LogP contribution in [0.2, 0.25) is 0 Å². The van der Waals surface area contributed by atoms with Crippen molar-refractivity contribution in [1.29, 1.82) is 0 Å². The summed E-state index contributed by atoms with van der Waals surface area (Å²) in [5.74, 6) is -1.12. The van der Waals surface area contributed by atoms with Crippen LogP contribution in [-0.2, 0) is 16.1 Å². The Balaban J connectivity index is 1.75. The summed E-state index contributed by atoms with van der Waals surface area (Å²) in [6, 6.07) is 19.3. The van der Waals surface area contributed by atoms with Crippen LogP contribution in [0.3, 0.4) is 0 Å². The Labute approximate surface area is 148 Å². The predicted octanol–water partition coefficient (Wildman–Crippen LogP) is 1.98. The van der Waals surface area contributed by atoms with Crippen molar-refractivity contribution in [3.05, 3.63) is 71.8 Å². The molecule has 0 fully saturated rings. The largest absolute Gasteiger partial charge is 0.396 e. The lowest BCUT2D eigenvalue weighted by molar-refractivity contribution is -0.139. The molecular weight excluding hydrogens is 316 g/mol. The number of aliphatic hydroxyl groups is 1. The molecule has 0 saturated carbocycles.